The lowest BCUT2D eigenvalue weighted by Crippen LogP contribution is -2.41. The molecule has 1 rings (SSSR count). The van der Waals surface area contributed by atoms with E-state index in [4.69, 9.17) is 0 Å². The highest BCUT2D eigenvalue weighted by atomic mass is 79.9. The van der Waals surface area contributed by atoms with Crippen molar-refractivity contribution in [2.75, 3.05) is 11.9 Å². The maximum Gasteiger partial charge on any atom is 0.319 e. The van der Waals surface area contributed by atoms with E-state index in [0.717, 1.165) is 10.9 Å². The molecular weight excluding hydrogens is 296 g/mol. The number of carbonyl (C=O) groups excluding carboxylic acids is 1. The summed E-state index contributed by atoms with van der Waals surface area (Å²) in [6.45, 7) is 4.05. The summed E-state index contributed by atoms with van der Waals surface area (Å²) in [5.41, 5.74) is 0.705. The van der Waals surface area contributed by atoms with Gasteiger partial charge in [0.1, 0.15) is 0 Å². The fourth-order valence-corrected chi connectivity index (χ4v) is 2.04. The van der Waals surface area contributed by atoms with E-state index in [0.29, 0.717) is 11.6 Å². The van der Waals surface area contributed by atoms with Crippen LogP contribution in [0.4, 0.5) is 10.5 Å². The zero-order chi connectivity index (χ0) is 13.5. The molecule has 0 fully saturated rings. The summed E-state index contributed by atoms with van der Waals surface area (Å²) in [5, 5.41) is 14.7. The van der Waals surface area contributed by atoms with E-state index in [9.17, 15) is 9.90 Å². The van der Waals surface area contributed by atoms with Gasteiger partial charge in [0.05, 0.1) is 18.3 Å². The molecule has 5 heteroatoms. The molecule has 0 heterocycles. The number of anilines is 1. The SMILES string of the molecule is CC(C)CC(CO)NC(=O)Nc1ccccc1Br. The quantitative estimate of drug-likeness (QED) is 0.782. The topological polar surface area (TPSA) is 61.4 Å². The number of urea groups is 1. The van der Waals surface area contributed by atoms with Crippen LogP contribution in [0.3, 0.4) is 0 Å². The van der Waals surface area contributed by atoms with Crippen LogP contribution in [0.2, 0.25) is 0 Å². The molecule has 1 atom stereocenters. The Bertz CT molecular complexity index is 396. The fourth-order valence-electron chi connectivity index (χ4n) is 1.65. The van der Waals surface area contributed by atoms with Crippen molar-refractivity contribution in [3.05, 3.63) is 28.7 Å². The Kier molecular flexibility index (Phi) is 6.15. The summed E-state index contributed by atoms with van der Waals surface area (Å²) >= 11 is 3.36. The first-order valence-corrected chi connectivity index (χ1v) is 6.75. The van der Waals surface area contributed by atoms with E-state index in [-0.39, 0.29) is 18.7 Å². The van der Waals surface area contributed by atoms with Crippen molar-refractivity contribution in [3.8, 4) is 0 Å². The molecule has 0 aliphatic heterocycles. The molecule has 0 aliphatic carbocycles. The zero-order valence-electron chi connectivity index (χ0n) is 10.6. The molecule has 1 aromatic rings. The number of benzene rings is 1. The molecule has 0 aromatic heterocycles. The van der Waals surface area contributed by atoms with Gasteiger partial charge in [0.2, 0.25) is 0 Å². The average molecular weight is 315 g/mol. The molecule has 4 nitrogen and oxygen atoms in total. The van der Waals surface area contributed by atoms with E-state index in [1.54, 1.807) is 6.07 Å². The standard InChI is InChI=1S/C13H19BrN2O2/c1-9(2)7-10(8-17)15-13(18)16-12-6-4-3-5-11(12)14/h3-6,9-10,17H,7-8H2,1-2H3,(H2,15,16,18). The second-order valence-electron chi connectivity index (χ2n) is 4.59. The zero-order valence-corrected chi connectivity index (χ0v) is 12.2. The van der Waals surface area contributed by atoms with E-state index in [1.807, 2.05) is 18.2 Å². The molecule has 0 spiro atoms. The van der Waals surface area contributed by atoms with E-state index in [1.165, 1.54) is 0 Å². The number of halogens is 1. The Hall–Kier alpha value is -1.07. The van der Waals surface area contributed by atoms with Crippen molar-refractivity contribution in [2.45, 2.75) is 26.3 Å². The highest BCUT2D eigenvalue weighted by Gasteiger charge is 2.13. The number of amides is 2. The molecule has 100 valence electrons. The Labute approximate surface area is 116 Å². The lowest BCUT2D eigenvalue weighted by molar-refractivity contribution is 0.214. The molecule has 18 heavy (non-hydrogen) atoms. The third-order valence-corrected chi connectivity index (χ3v) is 3.13. The number of rotatable bonds is 5. The van der Waals surface area contributed by atoms with Gasteiger partial charge in [-0.2, -0.15) is 0 Å². The lowest BCUT2D eigenvalue weighted by atomic mass is 10.0. The number of aliphatic hydroxyl groups is 1. The van der Waals surface area contributed by atoms with Crippen molar-refractivity contribution >= 4 is 27.6 Å². The minimum Gasteiger partial charge on any atom is -0.394 e. The molecule has 2 amide bonds. The minimum absolute atomic E-state index is 0.0540. The number of aliphatic hydroxyl groups excluding tert-OH is 1. The minimum atomic E-state index is -0.304. The molecule has 1 unspecified atom stereocenters. The third-order valence-electron chi connectivity index (χ3n) is 2.43. The monoisotopic (exact) mass is 314 g/mol. The number of para-hydroxylation sites is 1. The van der Waals surface area contributed by atoms with Gasteiger partial charge in [-0.05, 0) is 40.4 Å². The van der Waals surface area contributed by atoms with Crippen LogP contribution in [-0.2, 0) is 0 Å². The van der Waals surface area contributed by atoms with Crippen molar-refractivity contribution in [3.63, 3.8) is 0 Å². The third kappa shape index (κ3) is 5.06. The van der Waals surface area contributed by atoms with Gasteiger partial charge in [0.25, 0.3) is 0 Å². The predicted molar refractivity (Wildman–Crippen MR) is 76.6 cm³/mol. The molecule has 0 aliphatic rings. The summed E-state index contributed by atoms with van der Waals surface area (Å²) in [6.07, 6.45) is 0.750. The predicted octanol–water partition coefficient (Wildman–Crippen LogP) is 2.98. The lowest BCUT2D eigenvalue weighted by Gasteiger charge is -2.18. The first kappa shape index (κ1) is 15.0. The second-order valence-corrected chi connectivity index (χ2v) is 5.44. The fraction of sp³-hybridized carbons (Fsp3) is 0.462. The maximum absolute atomic E-state index is 11.8. The second kappa shape index (κ2) is 7.38. The summed E-state index contributed by atoms with van der Waals surface area (Å²) in [5.74, 6) is 0.422. The van der Waals surface area contributed by atoms with E-state index < -0.39 is 0 Å². The first-order valence-electron chi connectivity index (χ1n) is 5.95. The average Bonchev–Trinajstić information content (AvgIpc) is 2.30. The molecular formula is C13H19BrN2O2. The van der Waals surface area contributed by atoms with Crippen LogP contribution >= 0.6 is 15.9 Å². The van der Waals surface area contributed by atoms with Crippen molar-refractivity contribution in [1.82, 2.24) is 5.32 Å². The Morgan fingerprint density at radius 1 is 1.39 bits per heavy atom. The van der Waals surface area contributed by atoms with Crippen LogP contribution < -0.4 is 10.6 Å². The molecule has 3 N–H and O–H groups in total. The van der Waals surface area contributed by atoms with Crippen LogP contribution in [0.15, 0.2) is 28.7 Å². The van der Waals surface area contributed by atoms with Gasteiger partial charge in [0.15, 0.2) is 0 Å². The van der Waals surface area contributed by atoms with Crippen LogP contribution in [0.25, 0.3) is 0 Å². The van der Waals surface area contributed by atoms with Gasteiger partial charge in [-0.15, -0.1) is 0 Å². The number of hydrogen-bond acceptors (Lipinski definition) is 2. The Morgan fingerprint density at radius 3 is 2.61 bits per heavy atom. The van der Waals surface area contributed by atoms with Gasteiger partial charge in [0, 0.05) is 4.47 Å². The summed E-state index contributed by atoms with van der Waals surface area (Å²) in [4.78, 5) is 11.8. The van der Waals surface area contributed by atoms with E-state index in [2.05, 4.69) is 40.4 Å². The van der Waals surface area contributed by atoms with Gasteiger partial charge in [-0.1, -0.05) is 26.0 Å². The van der Waals surface area contributed by atoms with Crippen LogP contribution in [-0.4, -0.2) is 23.8 Å². The highest BCUT2D eigenvalue weighted by molar-refractivity contribution is 9.10. The van der Waals surface area contributed by atoms with Crippen LogP contribution in [0, 0.1) is 5.92 Å². The Balaban J connectivity index is 2.53. The molecule has 0 saturated carbocycles. The number of hydrogen-bond donors (Lipinski definition) is 3. The summed E-state index contributed by atoms with van der Waals surface area (Å²) in [7, 11) is 0. The van der Waals surface area contributed by atoms with Crippen LogP contribution in [0.5, 0.6) is 0 Å². The summed E-state index contributed by atoms with van der Waals surface area (Å²) < 4.78 is 0.824. The van der Waals surface area contributed by atoms with E-state index >= 15 is 0 Å². The first-order chi connectivity index (χ1) is 8.52. The van der Waals surface area contributed by atoms with Gasteiger partial charge in [-0.25, -0.2) is 4.79 Å². The van der Waals surface area contributed by atoms with Gasteiger partial charge in [-0.3, -0.25) is 0 Å². The largest absolute Gasteiger partial charge is 0.394 e. The molecule has 0 radical (unpaired) electrons. The Morgan fingerprint density at radius 2 is 2.06 bits per heavy atom. The summed E-state index contributed by atoms with van der Waals surface area (Å²) in [6, 6.07) is 6.86. The smallest absolute Gasteiger partial charge is 0.319 e. The van der Waals surface area contributed by atoms with Crippen LogP contribution in [0.1, 0.15) is 20.3 Å². The highest BCUT2D eigenvalue weighted by Crippen LogP contribution is 2.20. The normalized spacial score (nSPS) is 12.3. The molecule has 1 aromatic carbocycles. The van der Waals surface area contributed by atoms with Crippen molar-refractivity contribution in [1.29, 1.82) is 0 Å². The number of carbonyl (C=O) groups is 1. The molecule has 0 bridgehead atoms. The van der Waals surface area contributed by atoms with Gasteiger partial charge >= 0.3 is 6.03 Å². The maximum atomic E-state index is 11.8. The van der Waals surface area contributed by atoms with Crippen molar-refractivity contribution < 1.29 is 9.90 Å². The van der Waals surface area contributed by atoms with Gasteiger partial charge < -0.3 is 15.7 Å². The van der Waals surface area contributed by atoms with Crippen molar-refractivity contribution in [2.24, 2.45) is 5.92 Å². The molecule has 0 saturated heterocycles. The number of nitrogens with one attached hydrogen (secondary N) is 2.